The molecule has 1 N–H and O–H groups in total. The lowest BCUT2D eigenvalue weighted by molar-refractivity contribution is 1.23. The summed E-state index contributed by atoms with van der Waals surface area (Å²) in [7, 11) is 0. The molecule has 0 bridgehead atoms. The second kappa shape index (κ2) is 5.78. The first-order valence-electron chi connectivity index (χ1n) is 3.92. The van der Waals surface area contributed by atoms with Gasteiger partial charge >= 0.3 is 0 Å². The van der Waals surface area contributed by atoms with Crippen LogP contribution in [0.1, 0.15) is 0 Å². The molecule has 0 unspecified atom stereocenters. The van der Waals surface area contributed by atoms with Gasteiger partial charge in [0.05, 0.1) is 0 Å². The van der Waals surface area contributed by atoms with E-state index in [9.17, 15) is 0 Å². The van der Waals surface area contributed by atoms with Crippen molar-refractivity contribution in [3.05, 3.63) is 27.7 Å². The zero-order chi connectivity index (χ0) is 9.68. The van der Waals surface area contributed by atoms with Crippen LogP contribution in [0.2, 0.25) is 5.02 Å². The molecule has 1 aromatic rings. The first-order valence-corrected chi connectivity index (χ1v) is 6.48. The minimum absolute atomic E-state index is 0.752. The van der Waals surface area contributed by atoms with E-state index in [1.165, 1.54) is 0 Å². The fourth-order valence-corrected chi connectivity index (χ4v) is 2.05. The molecule has 0 amide bonds. The normalized spacial score (nSPS) is 10.1. The highest BCUT2D eigenvalue weighted by atomic mass is 79.9. The van der Waals surface area contributed by atoms with Crippen molar-refractivity contribution in [2.45, 2.75) is 0 Å². The van der Waals surface area contributed by atoms with Gasteiger partial charge < -0.3 is 5.32 Å². The summed E-state index contributed by atoms with van der Waals surface area (Å²) in [6.07, 6.45) is 2.10. The van der Waals surface area contributed by atoms with Gasteiger partial charge in [0.1, 0.15) is 0 Å². The zero-order valence-corrected chi connectivity index (χ0v) is 10.5. The van der Waals surface area contributed by atoms with E-state index in [1.807, 2.05) is 30.0 Å². The minimum atomic E-state index is 0.752. The molecule has 0 saturated heterocycles. The van der Waals surface area contributed by atoms with Crippen LogP contribution in [0.3, 0.4) is 0 Å². The number of rotatable bonds is 4. The van der Waals surface area contributed by atoms with E-state index in [1.54, 1.807) is 0 Å². The summed E-state index contributed by atoms with van der Waals surface area (Å²) < 4.78 is 1.01. The highest BCUT2D eigenvalue weighted by Gasteiger charge is 1.98. The molecule has 0 atom stereocenters. The van der Waals surface area contributed by atoms with Gasteiger partial charge in [0.25, 0.3) is 0 Å². The lowest BCUT2D eigenvalue weighted by atomic mass is 10.3. The Morgan fingerprint density at radius 3 is 2.92 bits per heavy atom. The fourth-order valence-electron chi connectivity index (χ4n) is 0.921. The minimum Gasteiger partial charge on any atom is -0.383 e. The summed E-state index contributed by atoms with van der Waals surface area (Å²) in [6, 6.07) is 5.75. The lowest BCUT2D eigenvalue weighted by Crippen LogP contribution is -2.03. The third kappa shape index (κ3) is 3.79. The third-order valence-corrected chi connectivity index (χ3v) is 3.06. The summed E-state index contributed by atoms with van der Waals surface area (Å²) in [4.78, 5) is 0. The highest BCUT2D eigenvalue weighted by molar-refractivity contribution is 9.10. The van der Waals surface area contributed by atoms with Crippen molar-refractivity contribution in [2.75, 3.05) is 23.9 Å². The molecule has 1 nitrogen and oxygen atoms in total. The van der Waals surface area contributed by atoms with Crippen molar-refractivity contribution in [1.82, 2.24) is 0 Å². The van der Waals surface area contributed by atoms with Crippen molar-refractivity contribution < 1.29 is 0 Å². The monoisotopic (exact) mass is 279 g/mol. The van der Waals surface area contributed by atoms with Crippen LogP contribution in [0.5, 0.6) is 0 Å². The number of anilines is 1. The molecule has 4 heteroatoms. The number of halogens is 2. The topological polar surface area (TPSA) is 12.0 Å². The summed E-state index contributed by atoms with van der Waals surface area (Å²) in [6.45, 7) is 0.974. The Balaban J connectivity index is 2.56. The van der Waals surface area contributed by atoms with Crippen molar-refractivity contribution in [2.24, 2.45) is 0 Å². The fraction of sp³-hybridized carbons (Fsp3) is 0.333. The molecule has 0 aliphatic carbocycles. The van der Waals surface area contributed by atoms with E-state index in [2.05, 4.69) is 27.5 Å². The molecule has 0 aliphatic heterocycles. The molecule has 0 spiro atoms. The van der Waals surface area contributed by atoms with E-state index in [0.29, 0.717) is 0 Å². The van der Waals surface area contributed by atoms with Crippen LogP contribution in [0.15, 0.2) is 22.7 Å². The maximum Gasteiger partial charge on any atom is 0.0485 e. The highest BCUT2D eigenvalue weighted by Crippen LogP contribution is 2.25. The van der Waals surface area contributed by atoms with Crippen LogP contribution in [0, 0.1) is 0 Å². The van der Waals surface area contributed by atoms with Crippen molar-refractivity contribution in [3.63, 3.8) is 0 Å². The van der Waals surface area contributed by atoms with Crippen molar-refractivity contribution in [1.29, 1.82) is 0 Å². The first-order chi connectivity index (χ1) is 6.24. The van der Waals surface area contributed by atoms with Crippen LogP contribution in [-0.2, 0) is 0 Å². The molecule has 0 fully saturated rings. The van der Waals surface area contributed by atoms with Crippen molar-refractivity contribution >= 4 is 45.0 Å². The molecule has 0 saturated carbocycles. The summed E-state index contributed by atoms with van der Waals surface area (Å²) in [5, 5.41) is 4.07. The van der Waals surface area contributed by atoms with Gasteiger partial charge in [-0.2, -0.15) is 11.8 Å². The van der Waals surface area contributed by atoms with Crippen LogP contribution in [-0.4, -0.2) is 18.6 Å². The molecular formula is C9H11BrClNS. The standard InChI is InChI=1S/C9H11BrClNS/c1-13-5-4-12-9-3-2-7(11)6-8(9)10/h2-3,6,12H,4-5H2,1H3. The van der Waals surface area contributed by atoms with Crippen molar-refractivity contribution in [3.8, 4) is 0 Å². The molecule has 13 heavy (non-hydrogen) atoms. The number of hydrogen-bond donors (Lipinski definition) is 1. The molecule has 1 rings (SSSR count). The molecule has 0 aromatic heterocycles. The van der Waals surface area contributed by atoms with Gasteiger partial charge in [0.2, 0.25) is 0 Å². The summed E-state index contributed by atoms with van der Waals surface area (Å²) in [5.41, 5.74) is 1.10. The smallest absolute Gasteiger partial charge is 0.0485 e. The van der Waals surface area contributed by atoms with E-state index in [-0.39, 0.29) is 0 Å². The number of thioether (sulfide) groups is 1. The predicted octanol–water partition coefficient (Wildman–Crippen LogP) is 3.88. The second-order valence-electron chi connectivity index (χ2n) is 2.54. The molecule has 0 heterocycles. The Labute approximate surface area is 96.4 Å². The van der Waals surface area contributed by atoms with Crippen LogP contribution in [0.25, 0.3) is 0 Å². The molecule has 0 aliphatic rings. The van der Waals surface area contributed by atoms with Crippen LogP contribution < -0.4 is 5.32 Å². The molecular weight excluding hydrogens is 270 g/mol. The number of nitrogens with one attached hydrogen (secondary N) is 1. The van der Waals surface area contributed by atoms with Gasteiger partial charge in [-0.15, -0.1) is 0 Å². The van der Waals surface area contributed by atoms with E-state index < -0.39 is 0 Å². The average molecular weight is 281 g/mol. The molecule has 72 valence electrons. The van der Waals surface area contributed by atoms with E-state index >= 15 is 0 Å². The summed E-state index contributed by atoms with van der Waals surface area (Å²) in [5.74, 6) is 1.11. The SMILES string of the molecule is CSCCNc1ccc(Cl)cc1Br. The maximum atomic E-state index is 5.82. The predicted molar refractivity (Wildman–Crippen MR) is 66.0 cm³/mol. The average Bonchev–Trinajstić information content (AvgIpc) is 2.09. The quantitative estimate of drug-likeness (QED) is 0.840. The Kier molecular flexibility index (Phi) is 4.99. The maximum absolute atomic E-state index is 5.82. The van der Waals surface area contributed by atoms with E-state index in [4.69, 9.17) is 11.6 Å². The Morgan fingerprint density at radius 1 is 1.54 bits per heavy atom. The number of hydrogen-bond acceptors (Lipinski definition) is 2. The largest absolute Gasteiger partial charge is 0.383 e. The van der Waals surface area contributed by atoms with Gasteiger partial charge in [0, 0.05) is 27.5 Å². The van der Waals surface area contributed by atoms with Gasteiger partial charge in [-0.1, -0.05) is 11.6 Å². The number of benzene rings is 1. The first kappa shape index (κ1) is 11.2. The summed E-state index contributed by atoms with van der Waals surface area (Å²) >= 11 is 11.1. The Morgan fingerprint density at radius 2 is 2.31 bits per heavy atom. The molecule has 0 radical (unpaired) electrons. The second-order valence-corrected chi connectivity index (χ2v) is 4.82. The van der Waals surface area contributed by atoms with Gasteiger partial charge in [-0.3, -0.25) is 0 Å². The zero-order valence-electron chi connectivity index (χ0n) is 7.31. The van der Waals surface area contributed by atoms with Crippen LogP contribution >= 0.6 is 39.3 Å². The molecule has 1 aromatic carbocycles. The Bertz CT molecular complexity index is 280. The van der Waals surface area contributed by atoms with Crippen LogP contribution in [0.4, 0.5) is 5.69 Å². The lowest BCUT2D eigenvalue weighted by Gasteiger charge is -2.07. The van der Waals surface area contributed by atoms with Gasteiger partial charge in [-0.25, -0.2) is 0 Å². The Hall–Kier alpha value is 0.140. The van der Waals surface area contributed by atoms with Gasteiger partial charge in [-0.05, 0) is 40.4 Å². The van der Waals surface area contributed by atoms with E-state index in [0.717, 1.165) is 27.5 Å². The third-order valence-electron chi connectivity index (χ3n) is 1.55. The van der Waals surface area contributed by atoms with Gasteiger partial charge in [0.15, 0.2) is 0 Å².